The van der Waals surface area contributed by atoms with Crippen molar-refractivity contribution in [2.24, 2.45) is 0 Å². The summed E-state index contributed by atoms with van der Waals surface area (Å²) in [6.45, 7) is 11.7. The molecule has 1 rings (SSSR count). The normalized spacial score (nSPS) is 12.5. The minimum absolute atomic E-state index is 0.166. The Morgan fingerprint density at radius 1 is 1.21 bits per heavy atom. The van der Waals surface area contributed by atoms with Crippen molar-refractivity contribution >= 4 is 14.0 Å². The quantitative estimate of drug-likeness (QED) is 0.508. The molecule has 0 aliphatic carbocycles. The Labute approximate surface area is 116 Å². The van der Waals surface area contributed by atoms with Gasteiger partial charge in [0.1, 0.15) is 6.61 Å². The van der Waals surface area contributed by atoms with E-state index >= 15 is 0 Å². The summed E-state index contributed by atoms with van der Waals surface area (Å²) < 4.78 is 24.8. The maximum absolute atomic E-state index is 13.5. The highest BCUT2D eigenvalue weighted by atomic mass is 28.4. The van der Waals surface area contributed by atoms with Crippen molar-refractivity contribution in [2.45, 2.75) is 38.9 Å². The number of nitrogens with two attached hydrogens (primary N) is 1. The lowest BCUT2D eigenvalue weighted by Gasteiger charge is -2.36. The summed E-state index contributed by atoms with van der Waals surface area (Å²) in [5.41, 5.74) is 5.86. The van der Waals surface area contributed by atoms with Gasteiger partial charge in [0, 0.05) is 11.8 Å². The number of benzene rings is 1. The zero-order valence-corrected chi connectivity index (χ0v) is 13.4. The van der Waals surface area contributed by atoms with Crippen LogP contribution in [0, 0.1) is 5.82 Å². The van der Waals surface area contributed by atoms with Crippen molar-refractivity contribution in [3.05, 3.63) is 24.0 Å². The van der Waals surface area contributed by atoms with Crippen LogP contribution in [0.4, 0.5) is 10.1 Å². The Hall–Kier alpha value is -1.07. The van der Waals surface area contributed by atoms with E-state index < -0.39 is 14.1 Å². The predicted molar refractivity (Wildman–Crippen MR) is 79.5 cm³/mol. The minimum atomic E-state index is -1.76. The third kappa shape index (κ3) is 4.51. The first-order valence-corrected chi connectivity index (χ1v) is 9.36. The maximum Gasteiger partial charge on any atom is 0.192 e. The Morgan fingerprint density at radius 2 is 1.84 bits per heavy atom. The molecule has 108 valence electrons. The van der Waals surface area contributed by atoms with Crippen LogP contribution in [0.3, 0.4) is 0 Å². The van der Waals surface area contributed by atoms with Crippen LogP contribution in [0.15, 0.2) is 18.2 Å². The molecular formula is C14H24FNO2Si. The standard InChI is InChI=1S/C14H24FNO2Si/c1-14(2,3)19(4,5)18-9-8-17-13-7-6-11(16)10-12(13)15/h6-7,10H,8-9,16H2,1-5H3. The van der Waals surface area contributed by atoms with Crippen LogP contribution in [0.25, 0.3) is 0 Å². The van der Waals surface area contributed by atoms with Crippen LogP contribution < -0.4 is 10.5 Å². The summed E-state index contributed by atoms with van der Waals surface area (Å²) in [6.07, 6.45) is 0. The number of nitrogen functional groups attached to an aromatic ring is 1. The molecule has 0 fully saturated rings. The first kappa shape index (κ1) is 16.0. The van der Waals surface area contributed by atoms with Gasteiger partial charge in [0.15, 0.2) is 19.9 Å². The summed E-state index contributed by atoms with van der Waals surface area (Å²) >= 11 is 0. The van der Waals surface area contributed by atoms with E-state index in [1.807, 2.05) is 0 Å². The molecule has 2 N–H and O–H groups in total. The van der Waals surface area contributed by atoms with E-state index in [0.717, 1.165) is 0 Å². The molecule has 0 amide bonds. The van der Waals surface area contributed by atoms with E-state index in [9.17, 15) is 4.39 Å². The van der Waals surface area contributed by atoms with Crippen molar-refractivity contribution in [1.29, 1.82) is 0 Å². The van der Waals surface area contributed by atoms with Crippen LogP contribution in [-0.2, 0) is 4.43 Å². The number of hydrogen-bond acceptors (Lipinski definition) is 3. The van der Waals surface area contributed by atoms with Gasteiger partial charge in [0.2, 0.25) is 0 Å². The molecule has 0 spiro atoms. The van der Waals surface area contributed by atoms with Gasteiger partial charge in [-0.15, -0.1) is 0 Å². The number of rotatable bonds is 5. The van der Waals surface area contributed by atoms with Crippen molar-refractivity contribution in [1.82, 2.24) is 0 Å². The average Bonchev–Trinajstić information content (AvgIpc) is 2.25. The molecule has 1 aromatic rings. The zero-order chi connectivity index (χ0) is 14.7. The molecule has 3 nitrogen and oxygen atoms in total. The van der Waals surface area contributed by atoms with Crippen LogP contribution in [0.2, 0.25) is 18.1 Å². The first-order valence-electron chi connectivity index (χ1n) is 6.45. The molecule has 0 bridgehead atoms. The second kappa shape index (κ2) is 5.92. The van der Waals surface area contributed by atoms with Crippen molar-refractivity contribution in [3.8, 4) is 5.75 Å². The zero-order valence-electron chi connectivity index (χ0n) is 12.4. The van der Waals surface area contributed by atoms with Crippen molar-refractivity contribution in [3.63, 3.8) is 0 Å². The van der Waals surface area contributed by atoms with Gasteiger partial charge in [-0.1, -0.05) is 20.8 Å². The molecule has 0 radical (unpaired) electrons. The second-order valence-corrected chi connectivity index (χ2v) is 11.0. The molecular weight excluding hydrogens is 261 g/mol. The number of hydrogen-bond donors (Lipinski definition) is 1. The van der Waals surface area contributed by atoms with Gasteiger partial charge in [0.25, 0.3) is 0 Å². The van der Waals surface area contributed by atoms with Gasteiger partial charge in [-0.2, -0.15) is 0 Å². The molecule has 0 aromatic heterocycles. The fraction of sp³-hybridized carbons (Fsp3) is 0.571. The van der Waals surface area contributed by atoms with E-state index in [0.29, 0.717) is 18.9 Å². The lowest BCUT2D eigenvalue weighted by atomic mass is 10.2. The SMILES string of the molecule is CC(C)(C)[Si](C)(C)OCCOc1ccc(N)cc1F. The molecule has 0 aliphatic heterocycles. The van der Waals surface area contributed by atoms with E-state index in [-0.39, 0.29) is 10.8 Å². The Kier molecular flexibility index (Phi) is 4.98. The molecule has 0 aliphatic rings. The highest BCUT2D eigenvalue weighted by Gasteiger charge is 2.36. The van der Waals surface area contributed by atoms with Gasteiger partial charge >= 0.3 is 0 Å². The van der Waals surface area contributed by atoms with Crippen LogP contribution >= 0.6 is 0 Å². The summed E-state index contributed by atoms with van der Waals surface area (Å²) in [6, 6.07) is 4.41. The van der Waals surface area contributed by atoms with Gasteiger partial charge in [-0.25, -0.2) is 4.39 Å². The summed E-state index contributed by atoms with van der Waals surface area (Å²) in [5, 5.41) is 0.166. The van der Waals surface area contributed by atoms with Gasteiger partial charge in [-0.05, 0) is 30.3 Å². The molecule has 1 aromatic carbocycles. The Morgan fingerprint density at radius 3 is 2.37 bits per heavy atom. The highest BCUT2D eigenvalue weighted by Crippen LogP contribution is 2.36. The van der Waals surface area contributed by atoms with Crippen LogP contribution in [-0.4, -0.2) is 21.5 Å². The van der Waals surface area contributed by atoms with Crippen molar-refractivity contribution in [2.75, 3.05) is 18.9 Å². The third-order valence-electron chi connectivity index (χ3n) is 3.57. The van der Waals surface area contributed by atoms with E-state index in [1.165, 1.54) is 12.1 Å². The molecule has 0 heterocycles. The van der Waals surface area contributed by atoms with E-state index in [2.05, 4.69) is 33.9 Å². The van der Waals surface area contributed by atoms with Crippen LogP contribution in [0.5, 0.6) is 5.75 Å². The monoisotopic (exact) mass is 285 g/mol. The molecule has 19 heavy (non-hydrogen) atoms. The number of ether oxygens (including phenoxy) is 1. The first-order chi connectivity index (χ1) is 8.63. The van der Waals surface area contributed by atoms with Crippen molar-refractivity contribution < 1.29 is 13.6 Å². The summed E-state index contributed by atoms with van der Waals surface area (Å²) in [4.78, 5) is 0. The smallest absolute Gasteiger partial charge is 0.192 e. The topological polar surface area (TPSA) is 44.5 Å². The summed E-state index contributed by atoms with van der Waals surface area (Å²) in [5.74, 6) is -0.222. The molecule has 0 atom stereocenters. The molecule has 5 heteroatoms. The van der Waals surface area contributed by atoms with Crippen LogP contribution in [0.1, 0.15) is 20.8 Å². The Balaban J connectivity index is 2.43. The molecule has 0 saturated heterocycles. The van der Waals surface area contributed by atoms with Gasteiger partial charge in [-0.3, -0.25) is 0 Å². The number of halogens is 1. The average molecular weight is 285 g/mol. The maximum atomic E-state index is 13.5. The predicted octanol–water partition coefficient (Wildman–Crippen LogP) is 3.81. The Bertz CT molecular complexity index is 430. The molecule has 0 saturated carbocycles. The fourth-order valence-corrected chi connectivity index (χ4v) is 2.33. The lowest BCUT2D eigenvalue weighted by Crippen LogP contribution is -2.41. The van der Waals surface area contributed by atoms with E-state index in [4.69, 9.17) is 14.9 Å². The lowest BCUT2D eigenvalue weighted by molar-refractivity contribution is 0.199. The van der Waals surface area contributed by atoms with E-state index in [1.54, 1.807) is 6.07 Å². The second-order valence-electron chi connectivity index (χ2n) is 6.15. The van der Waals surface area contributed by atoms with Gasteiger partial charge < -0.3 is 14.9 Å². The fourth-order valence-electron chi connectivity index (χ4n) is 1.30. The highest BCUT2D eigenvalue weighted by molar-refractivity contribution is 6.74. The molecule has 0 unspecified atom stereocenters. The number of anilines is 1. The van der Waals surface area contributed by atoms with Gasteiger partial charge in [0.05, 0.1) is 6.61 Å². The summed E-state index contributed by atoms with van der Waals surface area (Å²) in [7, 11) is -1.76. The third-order valence-corrected chi connectivity index (χ3v) is 8.10. The largest absolute Gasteiger partial charge is 0.488 e. The minimum Gasteiger partial charge on any atom is -0.488 e.